The molecular weight excluding hydrogens is 979 g/mol. The average molecular weight is 1050 g/mol. The van der Waals surface area contributed by atoms with Gasteiger partial charge in [0, 0.05) is 67.0 Å². The van der Waals surface area contributed by atoms with Gasteiger partial charge in [-0.15, -0.1) is 0 Å². The number of aromatic nitrogens is 1. The first-order valence-electron chi connectivity index (χ1n) is 24.1. The van der Waals surface area contributed by atoms with E-state index in [0.29, 0.717) is 48.8 Å². The minimum Gasteiger partial charge on any atom is -0.610 e. The van der Waals surface area contributed by atoms with Gasteiger partial charge in [0.05, 0.1) is 50.4 Å². The first-order valence-corrected chi connectivity index (χ1v) is 25.4. The number of benzene rings is 1. The molecule has 402 valence electrons. The van der Waals surface area contributed by atoms with Crippen LogP contribution in [0, 0.1) is 11.8 Å². The molecule has 14 N–H and O–H groups in total. The molecule has 5 rings (SSSR count). The Morgan fingerprint density at radius 1 is 0.890 bits per heavy atom. The van der Waals surface area contributed by atoms with Gasteiger partial charge < -0.3 is 82.8 Å². The van der Waals surface area contributed by atoms with E-state index < -0.39 is 176 Å². The Balaban J connectivity index is 1.70. The molecule has 11 unspecified atom stereocenters. The maximum Gasteiger partial charge on any atom is 0.248 e. The first kappa shape index (κ1) is 57.4. The van der Waals surface area contributed by atoms with Crippen molar-refractivity contribution in [3.8, 4) is 5.75 Å². The number of hydrogen-bond acceptors (Lipinski definition) is 15. The zero-order valence-corrected chi connectivity index (χ0v) is 41.9. The number of carbonyl (C=O) groups is 10. The van der Waals surface area contributed by atoms with Crippen LogP contribution in [0.5, 0.6) is 5.75 Å². The van der Waals surface area contributed by atoms with Gasteiger partial charge in [0.2, 0.25) is 64.1 Å². The van der Waals surface area contributed by atoms with Crippen molar-refractivity contribution >= 4 is 81.2 Å². The Bertz CT molecular complexity index is 2390. The van der Waals surface area contributed by atoms with Crippen molar-refractivity contribution in [2.24, 2.45) is 17.6 Å². The lowest BCUT2D eigenvalue weighted by Crippen LogP contribution is -2.62. The fourth-order valence-electron chi connectivity index (χ4n) is 8.66. The quantitative estimate of drug-likeness (QED) is 0.0623. The van der Waals surface area contributed by atoms with E-state index in [2.05, 4.69) is 47.5 Å². The molecule has 0 aliphatic carbocycles. The van der Waals surface area contributed by atoms with Crippen LogP contribution >= 0.6 is 0 Å². The second kappa shape index (κ2) is 26.4. The topological polar surface area (TPSA) is 405 Å². The number of nitrogens with one attached hydrogen (secondary N) is 9. The van der Waals surface area contributed by atoms with E-state index in [9.17, 15) is 67.8 Å². The van der Waals surface area contributed by atoms with Gasteiger partial charge in [-0.05, 0) is 37.3 Å². The number of unbranched alkanes of at least 4 members (excludes halogenated alkanes) is 2. The molecule has 0 spiro atoms. The Hall–Kier alpha value is -6.55. The molecule has 2 bridgehead atoms. The zero-order chi connectivity index (χ0) is 53.7. The number of nitrogens with zero attached hydrogens (tertiary/aromatic N) is 1. The number of rotatable bonds is 14. The molecule has 1 fully saturated rings. The summed E-state index contributed by atoms with van der Waals surface area (Å²) in [5.74, 6) is -11.5. The Labute approximate surface area is 423 Å². The van der Waals surface area contributed by atoms with Gasteiger partial charge in [0.15, 0.2) is 6.04 Å². The van der Waals surface area contributed by atoms with E-state index in [1.165, 1.54) is 6.92 Å². The third-order valence-electron chi connectivity index (χ3n) is 13.1. The molecule has 3 aliphatic heterocycles. The number of fused-ring (bicyclic) bond motifs is 5. The number of aliphatic hydroxyl groups excluding tert-OH is 3. The number of H-pyrrole nitrogens is 1. The Kier molecular flexibility index (Phi) is 20.8. The van der Waals surface area contributed by atoms with Gasteiger partial charge in [-0.3, -0.25) is 47.9 Å². The maximum atomic E-state index is 14.9. The first-order chi connectivity index (χ1) is 34.6. The number of aromatic amines is 1. The highest BCUT2D eigenvalue weighted by Gasteiger charge is 2.45. The van der Waals surface area contributed by atoms with E-state index in [1.54, 1.807) is 39.1 Å². The SMILES string of the molecule is CCC(C)C1NC(=O)CNC(=O)C2Cc3c([nH]c4cc(OCCCCCC(=O)NC)ccc34)[S+]([O-])CC(NC(=O)CNC1=O)C(=O)NC(CC(N)=O)C(=O)N1CC(O)CC1C(=O)NC(C(C)C(O)CO)C(=O)N2. The molecule has 1 aromatic carbocycles. The van der Waals surface area contributed by atoms with Crippen molar-refractivity contribution in [3.05, 3.63) is 23.8 Å². The fourth-order valence-corrected chi connectivity index (χ4v) is 10.1. The average Bonchev–Trinajstić information content (AvgIpc) is 3.93. The van der Waals surface area contributed by atoms with E-state index in [1.807, 2.05) is 0 Å². The number of amides is 10. The van der Waals surface area contributed by atoms with Crippen molar-refractivity contribution in [2.75, 3.05) is 45.6 Å². The molecule has 4 heterocycles. The smallest absolute Gasteiger partial charge is 0.248 e. The fraction of sp³-hybridized carbons (Fsp3) is 0.609. The normalized spacial score (nSPS) is 26.3. The van der Waals surface area contributed by atoms with Crippen LogP contribution < -0.4 is 53.0 Å². The monoisotopic (exact) mass is 1050 g/mol. The van der Waals surface area contributed by atoms with Gasteiger partial charge in [0.1, 0.15) is 41.7 Å². The standard InChI is InChI=1S/C46H67N11O15S/c1-5-22(2)38-43(68)50-17-36(63)51-31-21-73(71)45-27(26-11-10-25(14-28(26)54-45)72-12-8-6-7-9-35(62)48-4)15-29(40(65)49-18-37(64)55-38)52-44(69)39(23(3)33(60)20-58)56-42(67)32-13-24(59)19-57(32)46(70)30(16-34(47)61)53-41(31)66/h10-11,14,22-24,29-33,38-39,54,58-60H,5-9,12-13,15-21H2,1-4H3,(H2,47,61)(H,48,62)(H,49,65)(H,50,68)(H,51,63)(H,52,69)(H,53,66)(H,55,64)(H,56,67). The Morgan fingerprint density at radius 2 is 1.59 bits per heavy atom. The number of aliphatic hydroxyl groups is 3. The van der Waals surface area contributed by atoms with Crippen molar-refractivity contribution in [3.63, 3.8) is 0 Å². The third-order valence-corrected chi connectivity index (χ3v) is 14.6. The maximum absolute atomic E-state index is 14.9. The summed E-state index contributed by atoms with van der Waals surface area (Å²) in [6.45, 7) is 2.02. The summed E-state index contributed by atoms with van der Waals surface area (Å²) in [6, 6.07) is -5.24. The number of carbonyl (C=O) groups excluding carboxylic acids is 10. The van der Waals surface area contributed by atoms with Crippen LogP contribution in [-0.4, -0.2) is 183 Å². The Morgan fingerprint density at radius 3 is 2.26 bits per heavy atom. The van der Waals surface area contributed by atoms with Crippen molar-refractivity contribution < 1.29 is 72.6 Å². The van der Waals surface area contributed by atoms with Crippen LogP contribution in [-0.2, 0) is 65.5 Å². The molecule has 2 aromatic rings. The number of nitrogens with two attached hydrogens (primary N) is 1. The van der Waals surface area contributed by atoms with Crippen LogP contribution in [0.3, 0.4) is 0 Å². The summed E-state index contributed by atoms with van der Waals surface area (Å²) in [6.07, 6.45) is -2.19. The third kappa shape index (κ3) is 15.2. The summed E-state index contributed by atoms with van der Waals surface area (Å²) >= 11 is -2.39. The largest absolute Gasteiger partial charge is 0.610 e. The summed E-state index contributed by atoms with van der Waals surface area (Å²) in [5, 5.41) is 51.7. The number of hydrogen-bond donors (Lipinski definition) is 13. The van der Waals surface area contributed by atoms with Crippen molar-refractivity contribution in [2.45, 2.75) is 126 Å². The van der Waals surface area contributed by atoms with Crippen LogP contribution in [0.1, 0.15) is 71.3 Å². The van der Waals surface area contributed by atoms with E-state index in [-0.39, 0.29) is 23.1 Å². The predicted octanol–water partition coefficient (Wildman–Crippen LogP) is -4.94. The lowest BCUT2D eigenvalue weighted by atomic mass is 9.93. The molecule has 73 heavy (non-hydrogen) atoms. The van der Waals surface area contributed by atoms with Crippen LogP contribution in [0.25, 0.3) is 10.9 Å². The number of ether oxygens (including phenoxy) is 1. The molecule has 10 amide bonds. The van der Waals surface area contributed by atoms with Crippen LogP contribution in [0.2, 0.25) is 0 Å². The summed E-state index contributed by atoms with van der Waals surface area (Å²) < 4.78 is 20.9. The molecule has 1 aromatic heterocycles. The highest BCUT2D eigenvalue weighted by atomic mass is 32.2. The predicted molar refractivity (Wildman–Crippen MR) is 259 cm³/mol. The van der Waals surface area contributed by atoms with Crippen LogP contribution in [0.15, 0.2) is 23.2 Å². The van der Waals surface area contributed by atoms with Crippen LogP contribution in [0.4, 0.5) is 0 Å². The van der Waals surface area contributed by atoms with Gasteiger partial charge in [-0.2, -0.15) is 0 Å². The molecule has 0 radical (unpaired) electrons. The molecule has 26 nitrogen and oxygen atoms in total. The molecule has 1 saturated heterocycles. The summed E-state index contributed by atoms with van der Waals surface area (Å²) in [5.41, 5.74) is 5.95. The van der Waals surface area contributed by atoms with E-state index >= 15 is 0 Å². The summed E-state index contributed by atoms with van der Waals surface area (Å²) in [7, 11) is 1.55. The minimum absolute atomic E-state index is 0.0926. The number of primary amides is 1. The van der Waals surface area contributed by atoms with E-state index in [0.717, 1.165) is 4.90 Å². The molecule has 27 heteroatoms. The molecule has 3 aliphatic rings. The summed E-state index contributed by atoms with van der Waals surface area (Å²) in [4.78, 5) is 141. The lowest BCUT2D eigenvalue weighted by molar-refractivity contribution is -0.144. The highest BCUT2D eigenvalue weighted by molar-refractivity contribution is 7.91. The van der Waals surface area contributed by atoms with Gasteiger partial charge in [-0.25, -0.2) is 0 Å². The van der Waals surface area contributed by atoms with Gasteiger partial charge >= 0.3 is 0 Å². The molecule has 0 saturated carbocycles. The second-order valence-corrected chi connectivity index (χ2v) is 19.9. The van der Waals surface area contributed by atoms with Crippen molar-refractivity contribution in [1.82, 2.24) is 52.4 Å². The zero-order valence-electron chi connectivity index (χ0n) is 41.1. The van der Waals surface area contributed by atoms with Crippen molar-refractivity contribution in [1.29, 1.82) is 0 Å². The lowest BCUT2D eigenvalue weighted by Gasteiger charge is -2.32. The van der Waals surface area contributed by atoms with Gasteiger partial charge in [-0.1, -0.05) is 27.2 Å². The second-order valence-electron chi connectivity index (χ2n) is 18.5. The minimum atomic E-state index is -2.39. The molecular formula is C46H67N11O15S. The van der Waals surface area contributed by atoms with E-state index in [4.69, 9.17) is 10.5 Å². The molecule has 11 atom stereocenters. The highest BCUT2D eigenvalue weighted by Crippen LogP contribution is 2.32. The van der Waals surface area contributed by atoms with Gasteiger partial charge in [0.25, 0.3) is 0 Å².